The molecule has 0 spiro atoms. The number of halogens is 1. The normalized spacial score (nSPS) is 9.08. The van der Waals surface area contributed by atoms with Gasteiger partial charge in [0, 0.05) is 4.88 Å². The van der Waals surface area contributed by atoms with E-state index in [1.807, 2.05) is 6.07 Å². The first-order valence-electron chi connectivity index (χ1n) is 3.21. The van der Waals surface area contributed by atoms with Crippen molar-refractivity contribution in [1.29, 1.82) is 0 Å². The molecular weight excluding hydrogens is 194 g/mol. The number of hydrogen-bond donors (Lipinski definition) is 0. The fourth-order valence-electron chi connectivity index (χ4n) is 0.710. The molecule has 62 valence electrons. The zero-order chi connectivity index (χ0) is 8.97. The third-order valence-corrected chi connectivity index (χ3v) is 2.59. The standard InChI is InChI=1S/C8H6ClNOS/c1-6(4-10-5-11)7-2-3-8(9)12-7/h2-3H,1,4H2. The summed E-state index contributed by atoms with van der Waals surface area (Å²) >= 11 is 7.13. The van der Waals surface area contributed by atoms with Crippen LogP contribution in [0.4, 0.5) is 0 Å². The Morgan fingerprint density at radius 1 is 1.75 bits per heavy atom. The fraction of sp³-hybridized carbons (Fsp3) is 0.125. The average Bonchev–Trinajstić information content (AvgIpc) is 2.47. The SMILES string of the molecule is C=C(CN=C=O)c1ccc(Cl)s1. The lowest BCUT2D eigenvalue weighted by molar-refractivity contribution is 0.564. The molecule has 1 rings (SSSR count). The molecule has 2 nitrogen and oxygen atoms in total. The highest BCUT2D eigenvalue weighted by atomic mass is 35.5. The largest absolute Gasteiger partial charge is 0.235 e. The molecule has 0 N–H and O–H groups in total. The molecule has 1 heterocycles. The van der Waals surface area contributed by atoms with Crippen molar-refractivity contribution in [3.05, 3.63) is 27.9 Å². The van der Waals surface area contributed by atoms with Gasteiger partial charge in [-0.15, -0.1) is 11.3 Å². The van der Waals surface area contributed by atoms with Crippen LogP contribution in [0.2, 0.25) is 4.34 Å². The first kappa shape index (κ1) is 9.20. The summed E-state index contributed by atoms with van der Waals surface area (Å²) in [6.07, 6.45) is 1.46. The van der Waals surface area contributed by atoms with Crippen molar-refractivity contribution in [2.75, 3.05) is 6.54 Å². The average molecular weight is 200 g/mol. The van der Waals surface area contributed by atoms with Gasteiger partial charge in [-0.05, 0) is 17.7 Å². The van der Waals surface area contributed by atoms with Gasteiger partial charge in [0.1, 0.15) is 0 Å². The summed E-state index contributed by atoms with van der Waals surface area (Å²) in [6, 6.07) is 3.65. The van der Waals surface area contributed by atoms with Gasteiger partial charge >= 0.3 is 0 Å². The smallest absolute Gasteiger partial charge is 0.211 e. The number of isocyanates is 1. The first-order chi connectivity index (χ1) is 5.74. The number of nitrogens with zero attached hydrogens (tertiary/aromatic N) is 1. The maximum Gasteiger partial charge on any atom is 0.235 e. The van der Waals surface area contributed by atoms with Crippen LogP contribution in [0.1, 0.15) is 4.88 Å². The second-order valence-electron chi connectivity index (χ2n) is 2.11. The summed E-state index contributed by atoms with van der Waals surface area (Å²) in [5.41, 5.74) is 0.787. The second-order valence-corrected chi connectivity index (χ2v) is 3.83. The Kier molecular flexibility index (Phi) is 3.23. The Hall–Kier alpha value is -0.890. The van der Waals surface area contributed by atoms with Crippen LogP contribution in [0.3, 0.4) is 0 Å². The van der Waals surface area contributed by atoms with Gasteiger partial charge < -0.3 is 0 Å². The molecule has 0 saturated carbocycles. The third-order valence-electron chi connectivity index (χ3n) is 1.26. The van der Waals surface area contributed by atoms with Crippen LogP contribution in [0.5, 0.6) is 0 Å². The number of carbonyl (C=O) groups excluding carboxylic acids is 1. The molecule has 0 aliphatic rings. The summed E-state index contributed by atoms with van der Waals surface area (Å²) in [4.78, 5) is 14.2. The van der Waals surface area contributed by atoms with Crippen molar-refractivity contribution in [1.82, 2.24) is 0 Å². The van der Waals surface area contributed by atoms with Crippen LogP contribution in [-0.2, 0) is 4.79 Å². The highest BCUT2D eigenvalue weighted by molar-refractivity contribution is 7.17. The molecular formula is C8H6ClNOS. The van der Waals surface area contributed by atoms with Crippen LogP contribution in [-0.4, -0.2) is 12.6 Å². The number of aliphatic imine (C=N–C) groups is 1. The van der Waals surface area contributed by atoms with Gasteiger partial charge in [0.2, 0.25) is 6.08 Å². The van der Waals surface area contributed by atoms with E-state index >= 15 is 0 Å². The zero-order valence-electron chi connectivity index (χ0n) is 6.21. The van der Waals surface area contributed by atoms with Crippen molar-refractivity contribution in [2.45, 2.75) is 0 Å². The van der Waals surface area contributed by atoms with Gasteiger partial charge in [0.15, 0.2) is 0 Å². The molecule has 0 unspecified atom stereocenters. The molecule has 0 aromatic carbocycles. The highest BCUT2D eigenvalue weighted by Crippen LogP contribution is 2.26. The van der Waals surface area contributed by atoms with E-state index < -0.39 is 0 Å². The Bertz CT molecular complexity index is 339. The fourth-order valence-corrected chi connectivity index (χ4v) is 1.71. The molecule has 0 saturated heterocycles. The van der Waals surface area contributed by atoms with Crippen LogP contribution in [0.15, 0.2) is 23.7 Å². The van der Waals surface area contributed by atoms with Crippen LogP contribution >= 0.6 is 22.9 Å². The lowest BCUT2D eigenvalue weighted by atomic mass is 10.2. The van der Waals surface area contributed by atoms with Crippen molar-refractivity contribution in [3.63, 3.8) is 0 Å². The van der Waals surface area contributed by atoms with Crippen LogP contribution < -0.4 is 0 Å². The molecule has 0 amide bonds. The van der Waals surface area contributed by atoms with E-state index in [-0.39, 0.29) is 0 Å². The third kappa shape index (κ3) is 2.31. The van der Waals surface area contributed by atoms with E-state index in [1.165, 1.54) is 17.4 Å². The van der Waals surface area contributed by atoms with Gasteiger partial charge in [-0.2, -0.15) is 0 Å². The molecule has 0 bridgehead atoms. The lowest BCUT2D eigenvalue weighted by Gasteiger charge is -1.93. The van der Waals surface area contributed by atoms with Gasteiger partial charge in [0.05, 0.1) is 10.9 Å². The molecule has 4 heteroatoms. The minimum absolute atomic E-state index is 0.292. The van der Waals surface area contributed by atoms with Crippen LogP contribution in [0.25, 0.3) is 5.57 Å². The van der Waals surface area contributed by atoms with Gasteiger partial charge in [-0.3, -0.25) is 0 Å². The Labute approximate surface area is 79.2 Å². The number of rotatable bonds is 3. The minimum Gasteiger partial charge on any atom is -0.211 e. The molecule has 12 heavy (non-hydrogen) atoms. The van der Waals surface area contributed by atoms with Gasteiger partial charge in [-0.1, -0.05) is 18.2 Å². The van der Waals surface area contributed by atoms with Crippen molar-refractivity contribution < 1.29 is 4.79 Å². The second kappa shape index (κ2) is 4.21. The quantitative estimate of drug-likeness (QED) is 0.544. The number of hydrogen-bond acceptors (Lipinski definition) is 3. The van der Waals surface area contributed by atoms with E-state index in [0.717, 1.165) is 10.5 Å². The zero-order valence-corrected chi connectivity index (χ0v) is 7.78. The minimum atomic E-state index is 0.292. The predicted molar refractivity (Wildman–Crippen MR) is 51.4 cm³/mol. The Morgan fingerprint density at radius 3 is 3.00 bits per heavy atom. The summed E-state index contributed by atoms with van der Waals surface area (Å²) < 4.78 is 0.709. The summed E-state index contributed by atoms with van der Waals surface area (Å²) in [7, 11) is 0. The molecule has 0 aliphatic carbocycles. The highest BCUT2D eigenvalue weighted by Gasteiger charge is 2.00. The maximum atomic E-state index is 9.79. The number of thiophene rings is 1. The van der Waals surface area contributed by atoms with Crippen molar-refractivity contribution in [2.24, 2.45) is 4.99 Å². The van der Waals surface area contributed by atoms with E-state index in [1.54, 1.807) is 6.07 Å². The maximum absolute atomic E-state index is 9.79. The molecule has 1 aromatic rings. The van der Waals surface area contributed by atoms with Crippen molar-refractivity contribution >= 4 is 34.6 Å². The molecule has 1 aromatic heterocycles. The van der Waals surface area contributed by atoms with Gasteiger partial charge in [-0.25, -0.2) is 9.79 Å². The molecule has 0 atom stereocenters. The molecule has 0 fully saturated rings. The summed E-state index contributed by atoms with van der Waals surface area (Å²) in [6.45, 7) is 4.05. The van der Waals surface area contributed by atoms with Gasteiger partial charge in [0.25, 0.3) is 0 Å². The van der Waals surface area contributed by atoms with Crippen LogP contribution in [0, 0.1) is 0 Å². The van der Waals surface area contributed by atoms with E-state index in [9.17, 15) is 4.79 Å². The van der Waals surface area contributed by atoms with E-state index in [2.05, 4.69) is 11.6 Å². The Balaban J connectivity index is 2.71. The predicted octanol–water partition coefficient (Wildman–Crippen LogP) is 2.75. The molecule has 0 aliphatic heterocycles. The van der Waals surface area contributed by atoms with Crippen molar-refractivity contribution in [3.8, 4) is 0 Å². The lowest BCUT2D eigenvalue weighted by Crippen LogP contribution is -1.81. The first-order valence-corrected chi connectivity index (χ1v) is 4.40. The monoisotopic (exact) mass is 199 g/mol. The summed E-state index contributed by atoms with van der Waals surface area (Å²) in [5, 5.41) is 0. The van der Waals surface area contributed by atoms with E-state index in [4.69, 9.17) is 11.6 Å². The van der Waals surface area contributed by atoms with E-state index in [0.29, 0.717) is 10.9 Å². The summed E-state index contributed by atoms with van der Waals surface area (Å²) in [5.74, 6) is 0. The Morgan fingerprint density at radius 2 is 2.50 bits per heavy atom. The molecule has 0 radical (unpaired) electrons. The topological polar surface area (TPSA) is 29.4 Å².